The minimum atomic E-state index is 0.187. The summed E-state index contributed by atoms with van der Waals surface area (Å²) in [4.78, 5) is 14.5. The smallest absolute Gasteiger partial charge is 0.233 e. The fourth-order valence-electron chi connectivity index (χ4n) is 3.24. The number of benzene rings is 1. The Morgan fingerprint density at radius 3 is 2.43 bits per heavy atom. The van der Waals surface area contributed by atoms with Crippen molar-refractivity contribution in [3.63, 3.8) is 0 Å². The number of hydrogen-bond donors (Lipinski definition) is 0. The number of aromatic nitrogens is 2. The zero-order valence-corrected chi connectivity index (χ0v) is 19.0. The highest BCUT2D eigenvalue weighted by atomic mass is 32.2. The molecule has 0 radical (unpaired) electrons. The normalized spacial score (nSPS) is 19.4. The highest BCUT2D eigenvalue weighted by Gasteiger charge is 2.24. The molecular formula is C20H27N3O2S3. The van der Waals surface area contributed by atoms with Gasteiger partial charge in [-0.05, 0) is 49.3 Å². The third-order valence-electron chi connectivity index (χ3n) is 5.15. The molecular weight excluding hydrogens is 410 g/mol. The summed E-state index contributed by atoms with van der Waals surface area (Å²) in [6.07, 6.45) is 4.69. The van der Waals surface area contributed by atoms with Crippen LogP contribution in [-0.4, -0.2) is 47.0 Å². The molecule has 0 saturated heterocycles. The van der Waals surface area contributed by atoms with Crippen molar-refractivity contribution in [3.8, 4) is 5.75 Å². The minimum absolute atomic E-state index is 0.187. The van der Waals surface area contributed by atoms with Gasteiger partial charge in [0.25, 0.3) is 0 Å². The van der Waals surface area contributed by atoms with Gasteiger partial charge in [-0.3, -0.25) is 4.79 Å². The van der Waals surface area contributed by atoms with Gasteiger partial charge in [0.15, 0.2) is 8.68 Å². The molecule has 0 N–H and O–H groups in total. The van der Waals surface area contributed by atoms with Crippen molar-refractivity contribution in [2.45, 2.75) is 53.1 Å². The first-order valence-corrected chi connectivity index (χ1v) is 12.3. The molecule has 1 aliphatic carbocycles. The number of carbonyl (C=O) groups is 1. The van der Waals surface area contributed by atoms with Crippen LogP contribution in [0.1, 0.15) is 38.2 Å². The van der Waals surface area contributed by atoms with Crippen LogP contribution >= 0.6 is 34.9 Å². The molecule has 2 aromatic rings. The van der Waals surface area contributed by atoms with E-state index in [1.807, 2.05) is 24.1 Å². The Kier molecular flexibility index (Phi) is 8.05. The molecule has 28 heavy (non-hydrogen) atoms. The molecule has 0 unspecified atom stereocenters. The third kappa shape index (κ3) is 6.12. The molecule has 5 nitrogen and oxygen atoms in total. The summed E-state index contributed by atoms with van der Waals surface area (Å²) in [6, 6.07) is 8.44. The largest absolute Gasteiger partial charge is 0.497 e. The van der Waals surface area contributed by atoms with Gasteiger partial charge in [-0.2, -0.15) is 0 Å². The van der Waals surface area contributed by atoms with Gasteiger partial charge in [0.1, 0.15) is 5.75 Å². The molecule has 1 aromatic heterocycles. The topological polar surface area (TPSA) is 55.3 Å². The maximum absolute atomic E-state index is 12.5. The van der Waals surface area contributed by atoms with Crippen molar-refractivity contribution in [1.82, 2.24) is 15.1 Å². The Balaban J connectivity index is 1.43. The summed E-state index contributed by atoms with van der Waals surface area (Å²) in [5.41, 5.74) is 1.22. The number of carbonyl (C=O) groups excluding carboxylic acids is 1. The molecule has 1 amide bonds. The van der Waals surface area contributed by atoms with Crippen molar-refractivity contribution >= 4 is 40.8 Å². The fourth-order valence-corrected chi connectivity index (χ4v) is 6.14. The maximum atomic E-state index is 12.5. The summed E-state index contributed by atoms with van der Waals surface area (Å²) < 4.78 is 6.97. The number of nitrogens with zero attached hydrogens (tertiary/aromatic N) is 3. The van der Waals surface area contributed by atoms with Gasteiger partial charge >= 0.3 is 0 Å². The molecule has 0 aliphatic heterocycles. The molecule has 1 aromatic carbocycles. The monoisotopic (exact) mass is 437 g/mol. The molecule has 1 heterocycles. The van der Waals surface area contributed by atoms with Crippen LogP contribution in [0.2, 0.25) is 0 Å². The predicted octanol–water partition coefficient (Wildman–Crippen LogP) is 4.97. The van der Waals surface area contributed by atoms with Crippen LogP contribution in [0.4, 0.5) is 0 Å². The van der Waals surface area contributed by atoms with Crippen LogP contribution in [0, 0.1) is 5.92 Å². The number of rotatable bonds is 8. The number of hydrogen-bond acceptors (Lipinski definition) is 7. The first-order chi connectivity index (χ1) is 13.5. The van der Waals surface area contributed by atoms with E-state index in [-0.39, 0.29) is 5.91 Å². The number of ether oxygens (including phenoxy) is 1. The van der Waals surface area contributed by atoms with Crippen LogP contribution in [-0.2, 0) is 10.5 Å². The van der Waals surface area contributed by atoms with Crippen molar-refractivity contribution in [2.24, 2.45) is 5.92 Å². The Morgan fingerprint density at radius 1 is 1.14 bits per heavy atom. The average Bonchev–Trinajstić information content (AvgIpc) is 3.19. The quantitative estimate of drug-likeness (QED) is 0.544. The van der Waals surface area contributed by atoms with E-state index in [9.17, 15) is 4.79 Å². The summed E-state index contributed by atoms with van der Waals surface area (Å²) in [6.45, 7) is 2.30. The second kappa shape index (κ2) is 10.5. The predicted molar refractivity (Wildman–Crippen MR) is 117 cm³/mol. The number of amides is 1. The van der Waals surface area contributed by atoms with E-state index in [1.165, 1.54) is 30.2 Å². The van der Waals surface area contributed by atoms with Crippen molar-refractivity contribution in [1.29, 1.82) is 0 Å². The number of methoxy groups -OCH3 is 1. The second-order valence-corrected chi connectivity index (χ2v) is 10.6. The second-order valence-electron chi connectivity index (χ2n) is 7.18. The SMILES string of the molecule is COc1ccc(CSc2nnc(SCC(=O)N(C)C3CCC(C)CC3)s2)cc1. The summed E-state index contributed by atoms with van der Waals surface area (Å²) in [5, 5.41) is 8.48. The van der Waals surface area contributed by atoms with Gasteiger partial charge in [-0.1, -0.05) is 53.9 Å². The van der Waals surface area contributed by atoms with Gasteiger partial charge in [0.05, 0.1) is 12.9 Å². The van der Waals surface area contributed by atoms with Crippen LogP contribution in [0.5, 0.6) is 5.75 Å². The highest BCUT2D eigenvalue weighted by Crippen LogP contribution is 2.32. The van der Waals surface area contributed by atoms with E-state index in [1.54, 1.807) is 30.2 Å². The molecule has 1 fully saturated rings. The fraction of sp³-hybridized carbons (Fsp3) is 0.550. The molecule has 1 saturated carbocycles. The van der Waals surface area contributed by atoms with Gasteiger partial charge < -0.3 is 9.64 Å². The zero-order valence-electron chi connectivity index (χ0n) is 16.6. The molecule has 0 bridgehead atoms. The highest BCUT2D eigenvalue weighted by molar-refractivity contribution is 8.03. The third-order valence-corrected chi connectivity index (χ3v) is 8.40. The summed E-state index contributed by atoms with van der Waals surface area (Å²) in [5.74, 6) is 3.11. The Morgan fingerprint density at radius 2 is 1.79 bits per heavy atom. The summed E-state index contributed by atoms with van der Waals surface area (Å²) in [7, 11) is 3.61. The standard InChI is InChI=1S/C20H27N3O2S3/c1-14-4-8-16(9-5-14)23(2)18(24)13-27-20-22-21-19(28-20)26-12-15-6-10-17(25-3)11-7-15/h6-7,10-11,14,16H,4-5,8-9,12-13H2,1-3H3. The lowest BCUT2D eigenvalue weighted by molar-refractivity contribution is -0.129. The van der Waals surface area contributed by atoms with Gasteiger partial charge in [0.2, 0.25) is 5.91 Å². The maximum Gasteiger partial charge on any atom is 0.233 e. The molecule has 1 aliphatic rings. The van der Waals surface area contributed by atoms with E-state index in [0.717, 1.165) is 38.9 Å². The van der Waals surface area contributed by atoms with E-state index in [2.05, 4.69) is 29.3 Å². The first-order valence-electron chi connectivity index (χ1n) is 9.53. The average molecular weight is 438 g/mol. The Labute approximate surface area is 179 Å². The van der Waals surface area contributed by atoms with E-state index in [4.69, 9.17) is 4.74 Å². The van der Waals surface area contributed by atoms with Crippen LogP contribution in [0.25, 0.3) is 0 Å². The molecule has 152 valence electrons. The van der Waals surface area contributed by atoms with E-state index >= 15 is 0 Å². The van der Waals surface area contributed by atoms with E-state index in [0.29, 0.717) is 11.8 Å². The lowest BCUT2D eigenvalue weighted by Crippen LogP contribution is -2.40. The zero-order chi connectivity index (χ0) is 19.9. The Bertz CT molecular complexity index is 758. The molecule has 8 heteroatoms. The van der Waals surface area contributed by atoms with Crippen molar-refractivity contribution in [3.05, 3.63) is 29.8 Å². The van der Waals surface area contributed by atoms with Crippen LogP contribution in [0.3, 0.4) is 0 Å². The molecule has 0 atom stereocenters. The lowest BCUT2D eigenvalue weighted by atomic mass is 9.87. The van der Waals surface area contributed by atoms with Gasteiger partial charge in [-0.15, -0.1) is 10.2 Å². The lowest BCUT2D eigenvalue weighted by Gasteiger charge is -2.33. The van der Waals surface area contributed by atoms with Crippen LogP contribution < -0.4 is 4.74 Å². The minimum Gasteiger partial charge on any atom is -0.497 e. The van der Waals surface area contributed by atoms with Gasteiger partial charge in [-0.25, -0.2) is 0 Å². The first kappa shape index (κ1) is 21.5. The van der Waals surface area contributed by atoms with Crippen molar-refractivity contribution in [2.75, 3.05) is 19.9 Å². The summed E-state index contributed by atoms with van der Waals surface area (Å²) >= 11 is 4.72. The number of thioether (sulfide) groups is 2. The molecule has 3 rings (SSSR count). The van der Waals surface area contributed by atoms with Gasteiger partial charge in [0, 0.05) is 18.8 Å². The van der Waals surface area contributed by atoms with Crippen molar-refractivity contribution < 1.29 is 9.53 Å². The molecule has 0 spiro atoms. The van der Waals surface area contributed by atoms with Crippen LogP contribution in [0.15, 0.2) is 32.9 Å². The van der Waals surface area contributed by atoms with E-state index < -0.39 is 0 Å². The Hall–Kier alpha value is -1.25.